The summed E-state index contributed by atoms with van der Waals surface area (Å²) < 4.78 is 0. The van der Waals surface area contributed by atoms with E-state index in [1.165, 1.54) is 37.0 Å². The zero-order valence-electron chi connectivity index (χ0n) is 13.3. The quantitative estimate of drug-likeness (QED) is 0.847. The average molecular weight is 321 g/mol. The number of fused-ring (bicyclic) bond motifs is 1. The average Bonchev–Trinajstić information content (AvgIpc) is 3.13. The minimum Gasteiger partial charge on any atom is -0.364 e. The van der Waals surface area contributed by atoms with Crippen LogP contribution in [0.4, 0.5) is 5.82 Å². The Balaban J connectivity index is 2.13. The van der Waals surface area contributed by atoms with E-state index in [1.807, 2.05) is 7.05 Å². The number of anilines is 1. The lowest BCUT2D eigenvalue weighted by Crippen LogP contribution is -2.28. The Morgan fingerprint density at radius 1 is 1.23 bits per heavy atom. The SMILES string of the molecule is CC(C)N(C)c1nc2sc(C(O)O)cc2nc1C1CCCC1. The lowest BCUT2D eigenvalue weighted by molar-refractivity contribution is -0.0395. The van der Waals surface area contributed by atoms with E-state index in [4.69, 9.17) is 9.97 Å². The van der Waals surface area contributed by atoms with Crippen LogP contribution >= 0.6 is 11.3 Å². The van der Waals surface area contributed by atoms with Crippen molar-refractivity contribution in [3.63, 3.8) is 0 Å². The Morgan fingerprint density at radius 3 is 2.50 bits per heavy atom. The summed E-state index contributed by atoms with van der Waals surface area (Å²) >= 11 is 1.30. The van der Waals surface area contributed by atoms with Crippen molar-refractivity contribution in [1.29, 1.82) is 0 Å². The standard InChI is InChI=1S/C16H23N3O2S/c1-9(2)19(3)14-13(10-6-4-5-7-10)17-11-8-12(16(20)21)22-15(11)18-14/h8-10,16,20-21H,4-7H2,1-3H3. The highest BCUT2D eigenvalue weighted by Crippen LogP contribution is 2.39. The van der Waals surface area contributed by atoms with E-state index < -0.39 is 6.29 Å². The molecule has 0 amide bonds. The molecule has 120 valence electrons. The molecular formula is C16H23N3O2S. The number of aromatic nitrogens is 2. The van der Waals surface area contributed by atoms with Gasteiger partial charge in [0, 0.05) is 19.0 Å². The van der Waals surface area contributed by atoms with Gasteiger partial charge in [-0.15, -0.1) is 11.3 Å². The molecular weight excluding hydrogens is 298 g/mol. The van der Waals surface area contributed by atoms with Crippen LogP contribution in [0.5, 0.6) is 0 Å². The van der Waals surface area contributed by atoms with Crippen LogP contribution in [0.15, 0.2) is 6.07 Å². The zero-order chi connectivity index (χ0) is 15.9. The molecule has 6 heteroatoms. The van der Waals surface area contributed by atoms with Gasteiger partial charge in [0.25, 0.3) is 0 Å². The van der Waals surface area contributed by atoms with E-state index in [-0.39, 0.29) is 0 Å². The number of aliphatic hydroxyl groups excluding tert-OH is 1. The summed E-state index contributed by atoms with van der Waals surface area (Å²) in [7, 11) is 2.05. The molecule has 2 N–H and O–H groups in total. The van der Waals surface area contributed by atoms with Crippen molar-refractivity contribution in [2.45, 2.75) is 57.8 Å². The molecule has 0 aromatic carbocycles. The molecule has 0 radical (unpaired) electrons. The molecule has 0 aliphatic heterocycles. The van der Waals surface area contributed by atoms with Crippen molar-refractivity contribution >= 4 is 27.5 Å². The van der Waals surface area contributed by atoms with Crippen LogP contribution < -0.4 is 4.90 Å². The van der Waals surface area contributed by atoms with Crippen LogP contribution in [0, 0.1) is 0 Å². The molecule has 1 aliphatic rings. The molecule has 0 atom stereocenters. The molecule has 2 aromatic heterocycles. The third kappa shape index (κ3) is 2.83. The number of aliphatic hydroxyl groups is 2. The van der Waals surface area contributed by atoms with E-state index in [1.54, 1.807) is 6.07 Å². The largest absolute Gasteiger partial charge is 0.364 e. The van der Waals surface area contributed by atoms with Crippen molar-refractivity contribution in [3.8, 4) is 0 Å². The second-order valence-electron chi connectivity index (χ2n) is 6.33. The van der Waals surface area contributed by atoms with Gasteiger partial charge in [0.1, 0.15) is 10.3 Å². The molecule has 1 fully saturated rings. The lowest BCUT2D eigenvalue weighted by Gasteiger charge is -2.26. The Bertz CT molecular complexity index is 624. The number of hydrogen-bond acceptors (Lipinski definition) is 6. The van der Waals surface area contributed by atoms with Gasteiger partial charge in [-0.2, -0.15) is 0 Å². The molecule has 1 saturated carbocycles. The maximum atomic E-state index is 9.37. The van der Waals surface area contributed by atoms with Crippen LogP contribution in [-0.2, 0) is 0 Å². The van der Waals surface area contributed by atoms with Crippen molar-refractivity contribution in [3.05, 3.63) is 16.6 Å². The van der Waals surface area contributed by atoms with Gasteiger partial charge in [-0.3, -0.25) is 0 Å². The second-order valence-corrected chi connectivity index (χ2v) is 7.39. The first kappa shape index (κ1) is 15.6. The van der Waals surface area contributed by atoms with Gasteiger partial charge in [0.05, 0.1) is 10.6 Å². The summed E-state index contributed by atoms with van der Waals surface area (Å²) in [4.78, 5) is 13.1. The highest BCUT2D eigenvalue weighted by molar-refractivity contribution is 7.18. The van der Waals surface area contributed by atoms with Crippen molar-refractivity contribution in [1.82, 2.24) is 9.97 Å². The van der Waals surface area contributed by atoms with Gasteiger partial charge in [0.2, 0.25) is 0 Å². The number of nitrogens with zero attached hydrogens (tertiary/aromatic N) is 3. The maximum absolute atomic E-state index is 9.37. The van der Waals surface area contributed by atoms with Crippen LogP contribution in [0.3, 0.4) is 0 Å². The monoisotopic (exact) mass is 321 g/mol. The topological polar surface area (TPSA) is 69.5 Å². The predicted octanol–water partition coefficient (Wildman–Crippen LogP) is 3.18. The van der Waals surface area contributed by atoms with E-state index in [0.29, 0.717) is 16.8 Å². The van der Waals surface area contributed by atoms with Crippen LogP contribution in [-0.4, -0.2) is 33.3 Å². The number of rotatable bonds is 4. The Hall–Kier alpha value is -1.24. The Kier molecular flexibility index (Phi) is 4.34. The van der Waals surface area contributed by atoms with Crippen LogP contribution in [0.2, 0.25) is 0 Å². The number of hydrogen-bond donors (Lipinski definition) is 2. The van der Waals surface area contributed by atoms with Crippen LogP contribution in [0.25, 0.3) is 10.3 Å². The summed E-state index contributed by atoms with van der Waals surface area (Å²) in [5.74, 6) is 1.41. The van der Waals surface area contributed by atoms with Gasteiger partial charge in [0.15, 0.2) is 12.1 Å². The van der Waals surface area contributed by atoms with E-state index in [9.17, 15) is 10.2 Å². The maximum Gasteiger partial charge on any atom is 0.188 e. The summed E-state index contributed by atoms with van der Waals surface area (Å²) in [6.45, 7) is 4.28. The first-order valence-corrected chi connectivity index (χ1v) is 8.69. The first-order valence-electron chi connectivity index (χ1n) is 7.87. The van der Waals surface area contributed by atoms with Gasteiger partial charge >= 0.3 is 0 Å². The smallest absolute Gasteiger partial charge is 0.188 e. The van der Waals surface area contributed by atoms with E-state index in [0.717, 1.165) is 21.9 Å². The van der Waals surface area contributed by atoms with Gasteiger partial charge < -0.3 is 15.1 Å². The fraction of sp³-hybridized carbons (Fsp3) is 0.625. The molecule has 2 heterocycles. The fourth-order valence-electron chi connectivity index (χ4n) is 2.99. The molecule has 3 rings (SSSR count). The third-order valence-corrected chi connectivity index (χ3v) is 5.55. The summed E-state index contributed by atoms with van der Waals surface area (Å²) in [6.07, 6.45) is 3.37. The van der Waals surface area contributed by atoms with Crippen molar-refractivity contribution in [2.24, 2.45) is 0 Å². The lowest BCUT2D eigenvalue weighted by atomic mass is 10.0. The molecule has 22 heavy (non-hydrogen) atoms. The zero-order valence-corrected chi connectivity index (χ0v) is 14.1. The highest BCUT2D eigenvalue weighted by Gasteiger charge is 2.26. The molecule has 0 unspecified atom stereocenters. The minimum atomic E-state index is -1.46. The molecule has 0 bridgehead atoms. The first-order chi connectivity index (χ1) is 10.5. The normalized spacial score (nSPS) is 16.3. The fourth-order valence-corrected chi connectivity index (χ4v) is 3.83. The Morgan fingerprint density at radius 2 is 1.91 bits per heavy atom. The predicted molar refractivity (Wildman–Crippen MR) is 89.3 cm³/mol. The molecule has 1 aliphatic carbocycles. The van der Waals surface area contributed by atoms with Crippen LogP contribution in [0.1, 0.15) is 62.3 Å². The Labute approximate surface area is 134 Å². The number of thiophene rings is 1. The third-order valence-electron chi connectivity index (χ3n) is 4.50. The molecule has 0 saturated heterocycles. The second kappa shape index (κ2) is 6.10. The molecule has 0 spiro atoms. The van der Waals surface area contributed by atoms with Gasteiger partial charge in [-0.1, -0.05) is 12.8 Å². The van der Waals surface area contributed by atoms with Gasteiger partial charge in [-0.25, -0.2) is 9.97 Å². The van der Waals surface area contributed by atoms with Crippen molar-refractivity contribution in [2.75, 3.05) is 11.9 Å². The molecule has 5 nitrogen and oxygen atoms in total. The summed E-state index contributed by atoms with van der Waals surface area (Å²) in [6, 6.07) is 2.09. The van der Waals surface area contributed by atoms with E-state index in [2.05, 4.69) is 18.7 Å². The highest BCUT2D eigenvalue weighted by atomic mass is 32.1. The van der Waals surface area contributed by atoms with E-state index >= 15 is 0 Å². The summed E-state index contributed by atoms with van der Waals surface area (Å²) in [5, 5.41) is 18.7. The minimum absolute atomic E-state index is 0.342. The summed E-state index contributed by atoms with van der Waals surface area (Å²) in [5.41, 5.74) is 1.84. The van der Waals surface area contributed by atoms with Gasteiger partial charge in [-0.05, 0) is 32.8 Å². The molecule has 2 aromatic rings. The van der Waals surface area contributed by atoms with Crippen molar-refractivity contribution < 1.29 is 10.2 Å².